The Balaban J connectivity index is 2.02. The number of carbonyl (C=O) groups is 1. The number of aromatic nitrogens is 2. The zero-order valence-corrected chi connectivity index (χ0v) is 13.0. The molecule has 0 spiro atoms. The molecule has 1 heterocycles. The molecule has 0 radical (unpaired) electrons. The highest BCUT2D eigenvalue weighted by molar-refractivity contribution is 5.85. The molecule has 0 aromatic carbocycles. The lowest BCUT2D eigenvalue weighted by atomic mass is 9.75. The van der Waals surface area contributed by atoms with Crippen molar-refractivity contribution in [3.63, 3.8) is 0 Å². The molecule has 1 unspecified atom stereocenters. The molecule has 1 aromatic rings. The zero-order chi connectivity index (χ0) is 16.5. The summed E-state index contributed by atoms with van der Waals surface area (Å²) in [7, 11) is 5.35. The van der Waals surface area contributed by atoms with Gasteiger partial charge in [0.2, 0.25) is 0 Å². The van der Waals surface area contributed by atoms with Gasteiger partial charge < -0.3 is 15.3 Å². The number of aryl methyl sites for hydroxylation is 1. The number of rotatable bonds is 6. The van der Waals surface area contributed by atoms with Crippen LogP contribution in [0.25, 0.3) is 0 Å². The number of amides is 1. The lowest BCUT2D eigenvalue weighted by Gasteiger charge is -2.41. The fourth-order valence-corrected chi connectivity index (χ4v) is 2.55. The Morgan fingerprint density at radius 3 is 2.64 bits per heavy atom. The summed E-state index contributed by atoms with van der Waals surface area (Å²) in [6.07, 6.45) is 3.82. The number of carbonyl (C=O) groups excluding carboxylic acids is 1. The van der Waals surface area contributed by atoms with Crippen LogP contribution in [0.2, 0.25) is 0 Å². The van der Waals surface area contributed by atoms with Crippen molar-refractivity contribution in [1.82, 2.24) is 20.0 Å². The maximum Gasteiger partial charge on any atom is 0.352 e. The molecule has 1 aliphatic rings. The van der Waals surface area contributed by atoms with Crippen LogP contribution in [0, 0.1) is 0 Å². The number of alkyl halides is 2. The van der Waals surface area contributed by atoms with Gasteiger partial charge in [-0.25, -0.2) is 0 Å². The topological polar surface area (TPSA) is 70.4 Å². The van der Waals surface area contributed by atoms with Gasteiger partial charge >= 0.3 is 5.92 Å². The highest BCUT2D eigenvalue weighted by Gasteiger charge is 2.61. The van der Waals surface area contributed by atoms with E-state index in [9.17, 15) is 18.7 Å². The van der Waals surface area contributed by atoms with Gasteiger partial charge in [0.25, 0.3) is 5.91 Å². The van der Waals surface area contributed by atoms with E-state index in [0.29, 0.717) is 6.42 Å². The Kier molecular flexibility index (Phi) is 4.53. The van der Waals surface area contributed by atoms with E-state index in [2.05, 4.69) is 10.4 Å². The molecule has 1 fully saturated rings. The summed E-state index contributed by atoms with van der Waals surface area (Å²) in [6.45, 7) is 0.0171. The normalized spacial score (nSPS) is 18.9. The smallest absolute Gasteiger partial charge is 0.352 e. The fraction of sp³-hybridized carbons (Fsp3) is 0.714. The molecular weight excluding hydrogens is 294 g/mol. The van der Waals surface area contributed by atoms with Crippen molar-refractivity contribution in [2.24, 2.45) is 7.05 Å². The highest BCUT2D eigenvalue weighted by atomic mass is 19.3. The molecule has 1 amide bonds. The molecular formula is C14H22F2N4O2. The number of likely N-dealkylation sites (N-methyl/N-ethyl adjacent to an activating group) is 1. The van der Waals surface area contributed by atoms with Crippen LogP contribution in [0.5, 0.6) is 0 Å². The summed E-state index contributed by atoms with van der Waals surface area (Å²) < 4.78 is 29.6. The van der Waals surface area contributed by atoms with Gasteiger partial charge in [-0.2, -0.15) is 13.9 Å². The van der Waals surface area contributed by atoms with Gasteiger partial charge in [-0.3, -0.25) is 9.48 Å². The summed E-state index contributed by atoms with van der Waals surface area (Å²) in [6, 6.07) is -0.274. The number of nitrogens with one attached hydrogen (secondary N) is 1. The van der Waals surface area contributed by atoms with Crippen LogP contribution in [-0.2, 0) is 11.8 Å². The maximum absolute atomic E-state index is 14.0. The first-order valence-corrected chi connectivity index (χ1v) is 7.21. The number of nitrogens with zero attached hydrogens (tertiary/aromatic N) is 3. The number of hydrogen-bond acceptors (Lipinski definition) is 4. The molecule has 22 heavy (non-hydrogen) atoms. The molecule has 2 N–H and O–H groups in total. The van der Waals surface area contributed by atoms with E-state index in [1.165, 1.54) is 0 Å². The number of halogens is 2. The van der Waals surface area contributed by atoms with E-state index in [1.54, 1.807) is 38.2 Å². The third-order valence-electron chi connectivity index (χ3n) is 4.24. The zero-order valence-electron chi connectivity index (χ0n) is 13.0. The lowest BCUT2D eigenvalue weighted by Crippen LogP contribution is -2.61. The van der Waals surface area contributed by atoms with E-state index in [1.807, 2.05) is 4.90 Å². The first kappa shape index (κ1) is 16.8. The summed E-state index contributed by atoms with van der Waals surface area (Å²) >= 11 is 0. The third kappa shape index (κ3) is 2.98. The standard InChI is InChI=1S/C14H22F2N4O2/c1-19(2)11(10-7-18-20(3)9-10)8-17-12(21)14(15,16)13(22)5-4-6-13/h7,9,11,22H,4-6,8H2,1-3H3,(H,17,21). The predicted molar refractivity (Wildman–Crippen MR) is 76.4 cm³/mol. The van der Waals surface area contributed by atoms with Gasteiger partial charge in [-0.15, -0.1) is 0 Å². The van der Waals surface area contributed by atoms with E-state index in [0.717, 1.165) is 5.56 Å². The highest BCUT2D eigenvalue weighted by Crippen LogP contribution is 2.44. The van der Waals surface area contributed by atoms with E-state index < -0.39 is 17.4 Å². The van der Waals surface area contributed by atoms with Crippen LogP contribution < -0.4 is 5.32 Å². The molecule has 0 saturated heterocycles. The predicted octanol–water partition coefficient (Wildman–Crippen LogP) is 0.689. The first-order valence-electron chi connectivity index (χ1n) is 7.21. The van der Waals surface area contributed by atoms with Gasteiger partial charge in [-0.1, -0.05) is 0 Å². The van der Waals surface area contributed by atoms with E-state index in [4.69, 9.17) is 0 Å². The molecule has 8 heteroatoms. The first-order chi connectivity index (χ1) is 10.2. The van der Waals surface area contributed by atoms with Crippen molar-refractivity contribution in [3.05, 3.63) is 18.0 Å². The van der Waals surface area contributed by atoms with E-state index >= 15 is 0 Å². The Morgan fingerprint density at radius 2 is 2.23 bits per heavy atom. The molecule has 1 aromatic heterocycles. The molecule has 0 aliphatic heterocycles. The third-order valence-corrected chi connectivity index (χ3v) is 4.24. The average Bonchev–Trinajstić information content (AvgIpc) is 2.81. The monoisotopic (exact) mass is 316 g/mol. The molecule has 124 valence electrons. The minimum absolute atomic E-state index is 0.0171. The van der Waals surface area contributed by atoms with Crippen LogP contribution in [-0.4, -0.2) is 57.9 Å². The Hall–Kier alpha value is -1.54. The molecule has 2 rings (SSSR count). The van der Waals surface area contributed by atoms with Crippen LogP contribution in [0.1, 0.15) is 30.9 Å². The largest absolute Gasteiger partial charge is 0.383 e. The summed E-state index contributed by atoms with van der Waals surface area (Å²) in [5.41, 5.74) is -1.38. The summed E-state index contributed by atoms with van der Waals surface area (Å²) in [4.78, 5) is 13.6. The average molecular weight is 316 g/mol. The quantitative estimate of drug-likeness (QED) is 0.810. The Bertz CT molecular complexity index is 541. The maximum atomic E-state index is 14.0. The molecule has 0 bridgehead atoms. The van der Waals surface area contributed by atoms with Crippen molar-refractivity contribution >= 4 is 5.91 Å². The Morgan fingerprint density at radius 1 is 1.59 bits per heavy atom. The minimum Gasteiger partial charge on any atom is -0.383 e. The Labute approximate surface area is 128 Å². The second-order valence-electron chi connectivity index (χ2n) is 6.10. The van der Waals surface area contributed by atoms with Gasteiger partial charge in [-0.05, 0) is 33.4 Å². The van der Waals surface area contributed by atoms with E-state index in [-0.39, 0.29) is 25.4 Å². The van der Waals surface area contributed by atoms with Crippen molar-refractivity contribution in [3.8, 4) is 0 Å². The van der Waals surface area contributed by atoms with Gasteiger partial charge in [0.05, 0.1) is 12.2 Å². The van der Waals surface area contributed by atoms with Crippen molar-refractivity contribution in [1.29, 1.82) is 0 Å². The van der Waals surface area contributed by atoms with Crippen LogP contribution >= 0.6 is 0 Å². The SMILES string of the molecule is CN(C)C(CNC(=O)C(F)(F)C1(O)CCC1)c1cnn(C)c1. The molecule has 1 saturated carbocycles. The molecule has 6 nitrogen and oxygen atoms in total. The second-order valence-corrected chi connectivity index (χ2v) is 6.10. The molecule has 1 aliphatic carbocycles. The van der Waals surface area contributed by atoms with Crippen LogP contribution in [0.15, 0.2) is 12.4 Å². The minimum atomic E-state index is -3.77. The summed E-state index contributed by atoms with van der Waals surface area (Å²) in [5.74, 6) is -5.19. The molecule has 1 atom stereocenters. The van der Waals surface area contributed by atoms with Crippen LogP contribution in [0.4, 0.5) is 8.78 Å². The second kappa shape index (κ2) is 5.92. The number of hydrogen-bond donors (Lipinski definition) is 2. The lowest BCUT2D eigenvalue weighted by molar-refractivity contribution is -0.216. The van der Waals surface area contributed by atoms with Crippen molar-refractivity contribution < 1.29 is 18.7 Å². The van der Waals surface area contributed by atoms with Crippen molar-refractivity contribution in [2.45, 2.75) is 36.8 Å². The summed E-state index contributed by atoms with van der Waals surface area (Å²) in [5, 5.41) is 16.1. The van der Waals surface area contributed by atoms with Gasteiger partial charge in [0.15, 0.2) is 0 Å². The van der Waals surface area contributed by atoms with Gasteiger partial charge in [0.1, 0.15) is 5.60 Å². The fourth-order valence-electron chi connectivity index (χ4n) is 2.55. The van der Waals surface area contributed by atoms with Gasteiger partial charge in [0, 0.05) is 25.4 Å². The van der Waals surface area contributed by atoms with Crippen molar-refractivity contribution in [2.75, 3.05) is 20.6 Å². The number of aliphatic hydroxyl groups is 1. The van der Waals surface area contributed by atoms with Crippen LogP contribution in [0.3, 0.4) is 0 Å².